The second-order valence-corrected chi connectivity index (χ2v) is 6.26. The van der Waals surface area contributed by atoms with Crippen LogP contribution in [0.1, 0.15) is 23.8 Å². The summed E-state index contributed by atoms with van der Waals surface area (Å²) in [5.74, 6) is 2.19. The molecule has 7 nitrogen and oxygen atoms in total. The Balaban J connectivity index is 0.00000261. The van der Waals surface area contributed by atoms with Gasteiger partial charge in [0.1, 0.15) is 18.1 Å². The monoisotopic (exact) mass is 484 g/mol. The van der Waals surface area contributed by atoms with Crippen molar-refractivity contribution in [1.29, 1.82) is 0 Å². The minimum absolute atomic E-state index is 0. The third-order valence-corrected chi connectivity index (χ3v) is 4.15. The quantitative estimate of drug-likeness (QED) is 0.388. The molecular formula is C19H25IN4O3. The largest absolute Gasteiger partial charge is 0.493 e. The Morgan fingerprint density at radius 1 is 1.26 bits per heavy atom. The van der Waals surface area contributed by atoms with Crippen LogP contribution >= 0.6 is 24.0 Å². The zero-order valence-corrected chi connectivity index (χ0v) is 17.8. The Morgan fingerprint density at radius 2 is 2.07 bits per heavy atom. The summed E-state index contributed by atoms with van der Waals surface area (Å²) in [6, 6.07) is 11.8. The maximum atomic E-state index is 11.9. The number of ether oxygens (including phenoxy) is 1. The van der Waals surface area contributed by atoms with Gasteiger partial charge in [-0.25, -0.2) is 4.99 Å². The van der Waals surface area contributed by atoms with E-state index >= 15 is 0 Å². The van der Waals surface area contributed by atoms with E-state index in [1.54, 1.807) is 20.4 Å². The van der Waals surface area contributed by atoms with E-state index in [0.29, 0.717) is 19.1 Å². The van der Waals surface area contributed by atoms with Gasteiger partial charge in [-0.3, -0.25) is 4.79 Å². The predicted molar refractivity (Wildman–Crippen MR) is 114 cm³/mol. The first-order chi connectivity index (χ1) is 12.6. The van der Waals surface area contributed by atoms with Gasteiger partial charge in [-0.05, 0) is 18.2 Å². The average Bonchev–Trinajstić information content (AvgIpc) is 3.17. The second kappa shape index (κ2) is 10.2. The van der Waals surface area contributed by atoms with Crippen LogP contribution in [0, 0.1) is 0 Å². The first-order valence-corrected chi connectivity index (χ1v) is 8.62. The maximum Gasteiger partial charge on any atom is 0.243 e. The minimum Gasteiger partial charge on any atom is -0.493 e. The number of hydrogen-bond donors (Lipinski definition) is 2. The molecule has 1 amide bonds. The molecule has 146 valence electrons. The predicted octanol–water partition coefficient (Wildman–Crippen LogP) is 2.54. The van der Waals surface area contributed by atoms with Crippen LogP contribution in [0.2, 0.25) is 0 Å². The van der Waals surface area contributed by atoms with Crippen molar-refractivity contribution in [3.05, 3.63) is 54.0 Å². The fourth-order valence-electron chi connectivity index (χ4n) is 2.68. The third-order valence-electron chi connectivity index (χ3n) is 4.15. The zero-order chi connectivity index (χ0) is 18.4. The molecule has 3 rings (SSSR count). The lowest BCUT2D eigenvalue weighted by Crippen LogP contribution is -2.41. The van der Waals surface area contributed by atoms with Crippen LogP contribution in [0.3, 0.4) is 0 Å². The van der Waals surface area contributed by atoms with Crippen LogP contribution < -0.4 is 15.4 Å². The summed E-state index contributed by atoms with van der Waals surface area (Å²) < 4.78 is 11.1. The zero-order valence-electron chi connectivity index (χ0n) is 15.5. The number of fused-ring (bicyclic) bond motifs is 1. The molecule has 2 N–H and O–H groups in total. The van der Waals surface area contributed by atoms with Crippen molar-refractivity contribution in [3.63, 3.8) is 0 Å². The summed E-state index contributed by atoms with van der Waals surface area (Å²) in [7, 11) is 3.44. The number of rotatable bonds is 5. The molecule has 1 aliphatic rings. The van der Waals surface area contributed by atoms with E-state index in [9.17, 15) is 4.79 Å². The number of nitrogens with one attached hydrogen (secondary N) is 2. The second-order valence-electron chi connectivity index (χ2n) is 6.26. The van der Waals surface area contributed by atoms with Gasteiger partial charge in [-0.1, -0.05) is 18.2 Å². The van der Waals surface area contributed by atoms with Crippen molar-refractivity contribution in [1.82, 2.24) is 15.5 Å². The van der Waals surface area contributed by atoms with Crippen molar-refractivity contribution in [2.75, 3.05) is 27.2 Å². The third kappa shape index (κ3) is 5.88. The molecule has 1 aliphatic heterocycles. The average molecular weight is 484 g/mol. The Labute approximate surface area is 176 Å². The molecule has 0 aliphatic carbocycles. The summed E-state index contributed by atoms with van der Waals surface area (Å²) in [6.45, 7) is 1.20. The van der Waals surface area contributed by atoms with E-state index in [0.717, 1.165) is 23.5 Å². The number of furan rings is 1. The van der Waals surface area contributed by atoms with Gasteiger partial charge >= 0.3 is 0 Å². The molecule has 0 fully saturated rings. The van der Waals surface area contributed by atoms with Gasteiger partial charge in [0.2, 0.25) is 5.91 Å². The first kappa shape index (κ1) is 21.1. The molecule has 1 aromatic heterocycles. The van der Waals surface area contributed by atoms with E-state index in [4.69, 9.17) is 9.15 Å². The van der Waals surface area contributed by atoms with Crippen molar-refractivity contribution in [2.24, 2.45) is 4.99 Å². The molecule has 2 heterocycles. The smallest absolute Gasteiger partial charge is 0.243 e. The Kier molecular flexibility index (Phi) is 7.96. The number of amides is 1. The van der Waals surface area contributed by atoms with E-state index < -0.39 is 0 Å². The molecule has 1 atom stereocenters. The fraction of sp³-hybridized carbons (Fsp3) is 0.368. The fourth-order valence-corrected chi connectivity index (χ4v) is 2.68. The number of para-hydroxylation sites is 1. The Morgan fingerprint density at radius 3 is 2.81 bits per heavy atom. The summed E-state index contributed by atoms with van der Waals surface area (Å²) in [6.07, 6.45) is 2.45. The highest BCUT2D eigenvalue weighted by Gasteiger charge is 2.22. The number of halogens is 1. The first-order valence-electron chi connectivity index (χ1n) is 8.62. The van der Waals surface area contributed by atoms with Crippen molar-refractivity contribution < 1.29 is 13.9 Å². The van der Waals surface area contributed by atoms with Crippen molar-refractivity contribution in [3.8, 4) is 5.75 Å². The summed E-state index contributed by atoms with van der Waals surface area (Å²) >= 11 is 0. The number of aliphatic imine (C=N–C) groups is 1. The summed E-state index contributed by atoms with van der Waals surface area (Å²) in [5, 5.41) is 6.64. The standard InChI is InChI=1S/C19H24N4O3.HI/c1-23(2)18(24)13-21-19(20-12-14-6-5-10-25-14)22-16-9-11-26-17-8-4-3-7-15(16)17;/h3-8,10,16H,9,11-13H2,1-2H3,(H2,20,21,22);1H. The van der Waals surface area contributed by atoms with Gasteiger partial charge in [-0.15, -0.1) is 24.0 Å². The van der Waals surface area contributed by atoms with E-state index in [2.05, 4.69) is 15.6 Å². The minimum atomic E-state index is -0.0588. The number of nitrogens with zero attached hydrogens (tertiary/aromatic N) is 2. The number of carbonyl (C=O) groups excluding carboxylic acids is 1. The lowest BCUT2D eigenvalue weighted by molar-refractivity contribution is -0.127. The van der Waals surface area contributed by atoms with Crippen LogP contribution in [-0.4, -0.2) is 44.0 Å². The molecule has 0 radical (unpaired) electrons. The van der Waals surface area contributed by atoms with E-state index in [1.165, 1.54) is 4.90 Å². The molecular weight excluding hydrogens is 459 g/mol. The number of benzene rings is 1. The van der Waals surface area contributed by atoms with Crippen molar-refractivity contribution >= 4 is 35.8 Å². The molecule has 0 spiro atoms. The van der Waals surface area contributed by atoms with Crippen LogP contribution in [0.15, 0.2) is 52.1 Å². The van der Waals surface area contributed by atoms with Crippen molar-refractivity contribution in [2.45, 2.75) is 19.0 Å². The maximum absolute atomic E-state index is 11.9. The molecule has 1 aromatic carbocycles. The number of hydrogen-bond acceptors (Lipinski definition) is 4. The normalized spacial score (nSPS) is 15.8. The molecule has 0 saturated heterocycles. The van der Waals surface area contributed by atoms with Crippen LogP contribution in [0.4, 0.5) is 0 Å². The Hall–Kier alpha value is -2.23. The molecule has 8 heteroatoms. The Bertz CT molecular complexity index is 762. The lowest BCUT2D eigenvalue weighted by atomic mass is 10.0. The number of guanidine groups is 1. The topological polar surface area (TPSA) is 79.1 Å². The van der Waals surface area contributed by atoms with Gasteiger partial charge in [0.05, 0.1) is 25.5 Å². The lowest BCUT2D eigenvalue weighted by Gasteiger charge is -2.28. The highest BCUT2D eigenvalue weighted by Crippen LogP contribution is 2.31. The van der Waals surface area contributed by atoms with Crippen LogP contribution in [0.5, 0.6) is 5.75 Å². The van der Waals surface area contributed by atoms with Gasteiger partial charge in [0, 0.05) is 26.1 Å². The number of likely N-dealkylation sites (N-methyl/N-ethyl adjacent to an activating group) is 1. The van der Waals surface area contributed by atoms with Gasteiger partial charge in [0.15, 0.2) is 5.96 Å². The molecule has 0 bridgehead atoms. The van der Waals surface area contributed by atoms with Gasteiger partial charge in [0.25, 0.3) is 0 Å². The highest BCUT2D eigenvalue weighted by molar-refractivity contribution is 14.0. The van der Waals surface area contributed by atoms with Crippen LogP contribution in [0.25, 0.3) is 0 Å². The summed E-state index contributed by atoms with van der Waals surface area (Å²) in [5.41, 5.74) is 1.09. The SMILES string of the molecule is CN(C)C(=O)CN=C(NCc1ccco1)NC1CCOc2ccccc21.I. The van der Waals surface area contributed by atoms with Crippen LogP contribution in [-0.2, 0) is 11.3 Å². The van der Waals surface area contributed by atoms with E-state index in [-0.39, 0.29) is 42.5 Å². The molecule has 1 unspecified atom stereocenters. The molecule has 2 aromatic rings. The molecule has 27 heavy (non-hydrogen) atoms. The van der Waals surface area contributed by atoms with Gasteiger partial charge in [-0.2, -0.15) is 0 Å². The highest BCUT2D eigenvalue weighted by atomic mass is 127. The van der Waals surface area contributed by atoms with Gasteiger partial charge < -0.3 is 24.7 Å². The molecule has 0 saturated carbocycles. The summed E-state index contributed by atoms with van der Waals surface area (Å²) in [4.78, 5) is 17.9. The van der Waals surface area contributed by atoms with E-state index in [1.807, 2.05) is 36.4 Å². The number of carbonyl (C=O) groups is 1.